The molecule has 0 fully saturated rings. The normalized spacial score (nSPS) is 11.8. The number of halogens is 2. The molecule has 5 heteroatoms. The molecule has 1 unspecified atom stereocenters. The van der Waals surface area contributed by atoms with Crippen LogP contribution in [-0.4, -0.2) is 11.9 Å². The second-order valence-corrected chi connectivity index (χ2v) is 5.66. The van der Waals surface area contributed by atoms with Gasteiger partial charge in [-0.1, -0.05) is 18.2 Å². The molecular formula is C16H16BrFN2O. The van der Waals surface area contributed by atoms with Crippen LogP contribution in [0.4, 0.5) is 15.8 Å². The highest BCUT2D eigenvalue weighted by atomic mass is 79.9. The summed E-state index contributed by atoms with van der Waals surface area (Å²) >= 11 is 3.14. The summed E-state index contributed by atoms with van der Waals surface area (Å²) in [7, 11) is 0. The molecule has 0 spiro atoms. The summed E-state index contributed by atoms with van der Waals surface area (Å²) in [5, 5.41) is 5.83. The number of anilines is 2. The van der Waals surface area contributed by atoms with Gasteiger partial charge in [0.2, 0.25) is 5.91 Å². The second-order valence-electron chi connectivity index (χ2n) is 4.80. The topological polar surface area (TPSA) is 41.1 Å². The van der Waals surface area contributed by atoms with E-state index >= 15 is 0 Å². The van der Waals surface area contributed by atoms with Crippen molar-refractivity contribution in [2.75, 3.05) is 10.6 Å². The van der Waals surface area contributed by atoms with Gasteiger partial charge in [-0.2, -0.15) is 0 Å². The summed E-state index contributed by atoms with van der Waals surface area (Å²) < 4.78 is 14.0. The summed E-state index contributed by atoms with van der Waals surface area (Å²) in [6.45, 7) is 3.59. The molecule has 2 N–H and O–H groups in total. The molecule has 0 bridgehead atoms. The van der Waals surface area contributed by atoms with E-state index in [0.29, 0.717) is 10.2 Å². The molecule has 2 rings (SSSR count). The second kappa shape index (κ2) is 6.72. The maximum absolute atomic E-state index is 13.6. The molecule has 0 saturated heterocycles. The third kappa shape index (κ3) is 4.04. The fraction of sp³-hybridized carbons (Fsp3) is 0.188. The average Bonchev–Trinajstić information content (AvgIpc) is 2.45. The first-order chi connectivity index (χ1) is 9.97. The molecule has 2 aromatic rings. The van der Waals surface area contributed by atoms with Crippen LogP contribution in [0.25, 0.3) is 0 Å². The third-order valence-electron chi connectivity index (χ3n) is 3.07. The molecule has 0 aliphatic carbocycles. The highest BCUT2D eigenvalue weighted by Crippen LogP contribution is 2.24. The number of para-hydroxylation sites is 1. The van der Waals surface area contributed by atoms with E-state index in [1.165, 1.54) is 6.07 Å². The van der Waals surface area contributed by atoms with E-state index in [1.54, 1.807) is 13.0 Å². The van der Waals surface area contributed by atoms with Crippen molar-refractivity contribution < 1.29 is 9.18 Å². The van der Waals surface area contributed by atoms with Crippen LogP contribution in [0.3, 0.4) is 0 Å². The van der Waals surface area contributed by atoms with Gasteiger partial charge in [-0.05, 0) is 59.6 Å². The minimum Gasteiger partial charge on any atom is -0.374 e. The van der Waals surface area contributed by atoms with Crippen molar-refractivity contribution in [1.29, 1.82) is 0 Å². The number of nitrogens with one attached hydrogen (secondary N) is 2. The van der Waals surface area contributed by atoms with Crippen molar-refractivity contribution >= 4 is 33.2 Å². The van der Waals surface area contributed by atoms with Crippen molar-refractivity contribution in [2.45, 2.75) is 19.9 Å². The Balaban J connectivity index is 2.06. The minimum atomic E-state index is -0.482. The number of rotatable bonds is 4. The first-order valence-electron chi connectivity index (χ1n) is 6.55. The number of aryl methyl sites for hydroxylation is 1. The van der Waals surface area contributed by atoms with Crippen LogP contribution in [0.5, 0.6) is 0 Å². The molecule has 0 aromatic heterocycles. The largest absolute Gasteiger partial charge is 0.374 e. The molecule has 0 radical (unpaired) electrons. The van der Waals surface area contributed by atoms with Gasteiger partial charge >= 0.3 is 0 Å². The van der Waals surface area contributed by atoms with Crippen LogP contribution < -0.4 is 10.6 Å². The highest BCUT2D eigenvalue weighted by molar-refractivity contribution is 9.10. The molecule has 2 aromatic carbocycles. The van der Waals surface area contributed by atoms with Gasteiger partial charge in [0.1, 0.15) is 11.9 Å². The Kier molecular flexibility index (Phi) is 4.96. The van der Waals surface area contributed by atoms with Gasteiger partial charge in [0.15, 0.2) is 0 Å². The Hall–Kier alpha value is -1.88. The average molecular weight is 351 g/mol. The van der Waals surface area contributed by atoms with E-state index in [1.807, 2.05) is 37.3 Å². The third-order valence-corrected chi connectivity index (χ3v) is 3.68. The number of benzene rings is 2. The number of carbonyl (C=O) groups excluding carboxylic acids is 1. The first kappa shape index (κ1) is 15.5. The first-order valence-corrected chi connectivity index (χ1v) is 7.35. The predicted molar refractivity (Wildman–Crippen MR) is 87.0 cm³/mol. The van der Waals surface area contributed by atoms with Crippen molar-refractivity contribution in [2.24, 2.45) is 0 Å². The molecule has 0 aliphatic heterocycles. The van der Waals surface area contributed by atoms with Crippen LogP contribution in [0.2, 0.25) is 0 Å². The van der Waals surface area contributed by atoms with Crippen molar-refractivity contribution in [1.82, 2.24) is 0 Å². The van der Waals surface area contributed by atoms with Gasteiger partial charge in [-0.15, -0.1) is 0 Å². The lowest BCUT2D eigenvalue weighted by Gasteiger charge is -2.17. The quantitative estimate of drug-likeness (QED) is 0.861. The monoisotopic (exact) mass is 350 g/mol. The van der Waals surface area contributed by atoms with Crippen molar-refractivity contribution in [3.63, 3.8) is 0 Å². The molecule has 0 aliphatic rings. The van der Waals surface area contributed by atoms with Crippen LogP contribution in [0.1, 0.15) is 12.5 Å². The Bertz CT molecular complexity index is 646. The number of hydrogen-bond acceptors (Lipinski definition) is 2. The Morgan fingerprint density at radius 1 is 1.24 bits per heavy atom. The van der Waals surface area contributed by atoms with Gasteiger partial charge in [0.05, 0.1) is 4.47 Å². The zero-order valence-electron chi connectivity index (χ0n) is 11.8. The number of carbonyl (C=O) groups is 1. The molecule has 1 amide bonds. The highest BCUT2D eigenvalue weighted by Gasteiger charge is 2.14. The zero-order chi connectivity index (χ0) is 15.4. The molecule has 0 heterocycles. The van der Waals surface area contributed by atoms with Crippen LogP contribution in [-0.2, 0) is 4.79 Å². The molecule has 3 nitrogen and oxygen atoms in total. The lowest BCUT2D eigenvalue weighted by atomic mass is 10.1. The summed E-state index contributed by atoms with van der Waals surface area (Å²) in [6, 6.07) is 11.8. The molecule has 1 atom stereocenters. The Morgan fingerprint density at radius 2 is 1.90 bits per heavy atom. The van der Waals surface area contributed by atoms with Gasteiger partial charge in [-0.3, -0.25) is 4.79 Å². The van der Waals surface area contributed by atoms with E-state index in [4.69, 9.17) is 0 Å². The van der Waals surface area contributed by atoms with Crippen molar-refractivity contribution in [3.8, 4) is 0 Å². The van der Waals surface area contributed by atoms with E-state index in [2.05, 4.69) is 26.6 Å². The number of hydrogen-bond donors (Lipinski definition) is 2. The Labute approximate surface area is 131 Å². The maximum atomic E-state index is 13.6. The SMILES string of the molecule is Cc1cc(Br)c(F)cc1NC(C)C(=O)Nc1ccccc1. The molecular weight excluding hydrogens is 335 g/mol. The standard InChI is InChI=1S/C16H16BrFN2O/c1-10-8-13(17)14(18)9-15(10)19-11(2)16(21)20-12-6-4-3-5-7-12/h3-9,11,19H,1-2H3,(H,20,21). The number of amides is 1. The van der Waals surface area contributed by atoms with Gasteiger partial charge in [0.25, 0.3) is 0 Å². The predicted octanol–water partition coefficient (Wildman–Crippen LogP) is 4.34. The van der Waals surface area contributed by atoms with Crippen LogP contribution in [0.15, 0.2) is 46.9 Å². The summed E-state index contributed by atoms with van der Waals surface area (Å²) in [4.78, 5) is 12.1. The van der Waals surface area contributed by atoms with Crippen LogP contribution >= 0.6 is 15.9 Å². The fourth-order valence-corrected chi connectivity index (χ4v) is 2.33. The summed E-state index contributed by atoms with van der Waals surface area (Å²) in [6.07, 6.45) is 0. The smallest absolute Gasteiger partial charge is 0.246 e. The molecule has 110 valence electrons. The van der Waals surface area contributed by atoms with E-state index in [0.717, 1.165) is 11.3 Å². The minimum absolute atomic E-state index is 0.177. The van der Waals surface area contributed by atoms with E-state index in [9.17, 15) is 9.18 Å². The summed E-state index contributed by atoms with van der Waals surface area (Å²) in [5.74, 6) is -0.539. The lowest BCUT2D eigenvalue weighted by Crippen LogP contribution is -2.32. The Morgan fingerprint density at radius 3 is 2.57 bits per heavy atom. The molecule has 0 saturated carbocycles. The van der Waals surface area contributed by atoms with Gasteiger partial charge < -0.3 is 10.6 Å². The van der Waals surface area contributed by atoms with Gasteiger partial charge in [0, 0.05) is 11.4 Å². The van der Waals surface area contributed by atoms with E-state index in [-0.39, 0.29) is 11.7 Å². The zero-order valence-corrected chi connectivity index (χ0v) is 13.4. The maximum Gasteiger partial charge on any atom is 0.246 e. The van der Waals surface area contributed by atoms with Crippen LogP contribution in [0, 0.1) is 12.7 Å². The lowest BCUT2D eigenvalue weighted by molar-refractivity contribution is -0.116. The molecule has 21 heavy (non-hydrogen) atoms. The van der Waals surface area contributed by atoms with E-state index < -0.39 is 6.04 Å². The fourth-order valence-electron chi connectivity index (χ4n) is 1.87. The summed E-state index contributed by atoms with van der Waals surface area (Å²) in [5.41, 5.74) is 2.20. The van der Waals surface area contributed by atoms with Crippen molar-refractivity contribution in [3.05, 3.63) is 58.3 Å². The van der Waals surface area contributed by atoms with Gasteiger partial charge in [-0.25, -0.2) is 4.39 Å².